The molecule has 0 amide bonds. The average Bonchev–Trinajstić information content (AvgIpc) is 2.86. The number of fused-ring (bicyclic) bond motifs is 1. The number of anilines is 1. The van der Waals surface area contributed by atoms with Crippen molar-refractivity contribution in [2.24, 2.45) is 5.92 Å². The number of thioether (sulfide) groups is 1. The third-order valence-electron chi connectivity index (χ3n) is 2.91. The molecule has 0 radical (unpaired) electrons. The number of rotatable bonds is 2. The van der Waals surface area contributed by atoms with E-state index in [1.165, 1.54) is 17.9 Å². The van der Waals surface area contributed by atoms with E-state index in [2.05, 4.69) is 16.1 Å². The van der Waals surface area contributed by atoms with Crippen molar-refractivity contribution in [2.75, 3.05) is 17.2 Å². The standard InChI is InChI=1S/C11H14N4S/c12-9-5-13-11-4-10(14-15(11)6-9)3-8-1-2-16-7-8/h4-6,8H,1-3,7,12H2. The van der Waals surface area contributed by atoms with E-state index in [0.29, 0.717) is 5.69 Å². The minimum Gasteiger partial charge on any atom is -0.396 e. The zero-order chi connectivity index (χ0) is 11.0. The molecule has 0 bridgehead atoms. The molecule has 1 saturated heterocycles. The molecule has 1 aliphatic heterocycles. The summed E-state index contributed by atoms with van der Waals surface area (Å²) >= 11 is 2.04. The summed E-state index contributed by atoms with van der Waals surface area (Å²) in [5, 5.41) is 4.50. The van der Waals surface area contributed by atoms with E-state index >= 15 is 0 Å². The van der Waals surface area contributed by atoms with E-state index in [-0.39, 0.29) is 0 Å². The third kappa shape index (κ3) is 1.87. The average molecular weight is 234 g/mol. The summed E-state index contributed by atoms with van der Waals surface area (Å²) in [5.41, 5.74) is 8.34. The second kappa shape index (κ2) is 3.97. The van der Waals surface area contributed by atoms with Crippen LogP contribution in [0.25, 0.3) is 5.65 Å². The van der Waals surface area contributed by atoms with Crippen molar-refractivity contribution in [1.82, 2.24) is 14.6 Å². The minimum atomic E-state index is 0.651. The van der Waals surface area contributed by atoms with Gasteiger partial charge in [0.15, 0.2) is 5.65 Å². The minimum absolute atomic E-state index is 0.651. The van der Waals surface area contributed by atoms with Gasteiger partial charge in [-0.2, -0.15) is 16.9 Å². The molecule has 0 spiro atoms. The first kappa shape index (κ1) is 9.96. The van der Waals surface area contributed by atoms with Gasteiger partial charge in [-0.25, -0.2) is 9.50 Å². The van der Waals surface area contributed by atoms with Gasteiger partial charge in [-0.3, -0.25) is 0 Å². The molecule has 0 aliphatic carbocycles. The van der Waals surface area contributed by atoms with Gasteiger partial charge in [0.1, 0.15) is 0 Å². The molecule has 3 heterocycles. The Bertz CT molecular complexity index is 502. The van der Waals surface area contributed by atoms with E-state index in [9.17, 15) is 0 Å². The Kier molecular flexibility index (Phi) is 2.47. The number of hydrogen-bond acceptors (Lipinski definition) is 4. The number of hydrogen-bond donors (Lipinski definition) is 1. The molecular weight excluding hydrogens is 220 g/mol. The lowest BCUT2D eigenvalue weighted by Gasteiger charge is -2.03. The zero-order valence-corrected chi connectivity index (χ0v) is 9.78. The van der Waals surface area contributed by atoms with Crippen molar-refractivity contribution in [2.45, 2.75) is 12.8 Å². The Morgan fingerprint density at radius 2 is 2.50 bits per heavy atom. The Morgan fingerprint density at radius 1 is 1.56 bits per heavy atom. The van der Waals surface area contributed by atoms with Gasteiger partial charge in [0.05, 0.1) is 23.8 Å². The molecule has 0 aromatic carbocycles. The second-order valence-corrected chi connectivity index (χ2v) is 5.41. The van der Waals surface area contributed by atoms with Crippen LogP contribution < -0.4 is 5.73 Å². The van der Waals surface area contributed by atoms with Crippen LogP contribution in [-0.2, 0) is 6.42 Å². The second-order valence-electron chi connectivity index (χ2n) is 4.26. The van der Waals surface area contributed by atoms with Gasteiger partial charge in [-0.15, -0.1) is 0 Å². The molecular formula is C11H14N4S. The van der Waals surface area contributed by atoms with Gasteiger partial charge in [0, 0.05) is 6.07 Å². The maximum atomic E-state index is 5.67. The SMILES string of the molecule is Nc1cnc2cc(CC3CCSC3)nn2c1. The van der Waals surface area contributed by atoms with Gasteiger partial charge < -0.3 is 5.73 Å². The molecule has 2 N–H and O–H groups in total. The summed E-state index contributed by atoms with van der Waals surface area (Å²) in [6.07, 6.45) is 5.87. The Morgan fingerprint density at radius 3 is 3.31 bits per heavy atom. The van der Waals surface area contributed by atoms with E-state index in [0.717, 1.165) is 23.7 Å². The Hall–Kier alpha value is -1.23. The van der Waals surface area contributed by atoms with Crippen molar-refractivity contribution in [1.29, 1.82) is 0 Å². The highest BCUT2D eigenvalue weighted by atomic mass is 32.2. The van der Waals surface area contributed by atoms with Crippen molar-refractivity contribution >= 4 is 23.1 Å². The van der Waals surface area contributed by atoms with Crippen LogP contribution in [0.4, 0.5) is 5.69 Å². The fourth-order valence-corrected chi connectivity index (χ4v) is 3.36. The normalized spacial score (nSPS) is 20.6. The summed E-state index contributed by atoms with van der Waals surface area (Å²) in [6, 6.07) is 2.06. The number of nitrogens with zero attached hydrogens (tertiary/aromatic N) is 3. The highest BCUT2D eigenvalue weighted by Crippen LogP contribution is 2.26. The molecule has 1 unspecified atom stereocenters. The van der Waals surface area contributed by atoms with Crippen LogP contribution in [0.3, 0.4) is 0 Å². The van der Waals surface area contributed by atoms with Crippen LogP contribution in [0.5, 0.6) is 0 Å². The van der Waals surface area contributed by atoms with Crippen LogP contribution >= 0.6 is 11.8 Å². The van der Waals surface area contributed by atoms with Crippen LogP contribution in [0.15, 0.2) is 18.5 Å². The lowest BCUT2D eigenvalue weighted by molar-refractivity contribution is 0.584. The topological polar surface area (TPSA) is 56.2 Å². The Balaban J connectivity index is 1.86. The highest BCUT2D eigenvalue weighted by molar-refractivity contribution is 7.99. The molecule has 4 nitrogen and oxygen atoms in total. The van der Waals surface area contributed by atoms with Gasteiger partial charge in [-0.05, 0) is 30.3 Å². The zero-order valence-electron chi connectivity index (χ0n) is 8.97. The monoisotopic (exact) mass is 234 g/mol. The molecule has 1 fully saturated rings. The van der Waals surface area contributed by atoms with Crippen molar-refractivity contribution in [3.63, 3.8) is 0 Å². The van der Waals surface area contributed by atoms with E-state index < -0.39 is 0 Å². The van der Waals surface area contributed by atoms with Crippen LogP contribution in [0, 0.1) is 5.92 Å². The lowest BCUT2D eigenvalue weighted by atomic mass is 10.0. The van der Waals surface area contributed by atoms with Crippen LogP contribution in [0.1, 0.15) is 12.1 Å². The van der Waals surface area contributed by atoms with Crippen molar-refractivity contribution < 1.29 is 0 Å². The largest absolute Gasteiger partial charge is 0.396 e. The number of nitrogens with two attached hydrogens (primary N) is 1. The van der Waals surface area contributed by atoms with E-state index in [1.54, 1.807) is 10.7 Å². The summed E-state index contributed by atoms with van der Waals surface area (Å²) in [4.78, 5) is 4.25. The van der Waals surface area contributed by atoms with E-state index in [4.69, 9.17) is 5.73 Å². The number of nitrogen functional groups attached to an aromatic ring is 1. The van der Waals surface area contributed by atoms with Gasteiger partial charge in [0.25, 0.3) is 0 Å². The first-order valence-electron chi connectivity index (χ1n) is 5.49. The first-order valence-corrected chi connectivity index (χ1v) is 6.64. The molecule has 84 valence electrons. The van der Waals surface area contributed by atoms with Crippen LogP contribution in [0.2, 0.25) is 0 Å². The molecule has 2 aromatic heterocycles. The molecule has 1 atom stereocenters. The molecule has 3 rings (SSSR count). The maximum Gasteiger partial charge on any atom is 0.155 e. The predicted octanol–water partition coefficient (Wildman–Crippen LogP) is 1.61. The first-order chi connectivity index (χ1) is 7.81. The van der Waals surface area contributed by atoms with Crippen LogP contribution in [-0.4, -0.2) is 26.1 Å². The smallest absolute Gasteiger partial charge is 0.155 e. The summed E-state index contributed by atoms with van der Waals surface area (Å²) < 4.78 is 1.77. The maximum absolute atomic E-state index is 5.67. The number of aromatic nitrogens is 3. The fraction of sp³-hybridized carbons (Fsp3) is 0.455. The van der Waals surface area contributed by atoms with Gasteiger partial charge in [-0.1, -0.05) is 0 Å². The lowest BCUT2D eigenvalue weighted by Crippen LogP contribution is -2.03. The summed E-state index contributed by atoms with van der Waals surface area (Å²) in [5.74, 6) is 3.35. The quantitative estimate of drug-likeness (QED) is 0.857. The van der Waals surface area contributed by atoms with Gasteiger partial charge >= 0.3 is 0 Å². The summed E-state index contributed by atoms with van der Waals surface area (Å²) in [7, 11) is 0. The molecule has 0 saturated carbocycles. The molecule has 16 heavy (non-hydrogen) atoms. The fourth-order valence-electron chi connectivity index (χ4n) is 2.08. The third-order valence-corrected chi connectivity index (χ3v) is 4.14. The van der Waals surface area contributed by atoms with Crippen molar-refractivity contribution in [3.05, 3.63) is 24.2 Å². The molecule has 5 heteroatoms. The van der Waals surface area contributed by atoms with Crippen molar-refractivity contribution in [3.8, 4) is 0 Å². The van der Waals surface area contributed by atoms with Gasteiger partial charge in [0.2, 0.25) is 0 Å². The molecule has 2 aromatic rings. The van der Waals surface area contributed by atoms with E-state index in [1.807, 2.05) is 18.0 Å². The Labute approximate surface area is 98.2 Å². The summed E-state index contributed by atoms with van der Waals surface area (Å²) in [6.45, 7) is 0. The highest BCUT2D eigenvalue weighted by Gasteiger charge is 2.17. The predicted molar refractivity (Wildman–Crippen MR) is 66.5 cm³/mol. The molecule has 1 aliphatic rings.